The van der Waals surface area contributed by atoms with Gasteiger partial charge in [0.25, 0.3) is 0 Å². The Labute approximate surface area is 153 Å². The molecule has 2 aromatic rings. The zero-order valence-corrected chi connectivity index (χ0v) is 15.4. The fourth-order valence-electron chi connectivity index (χ4n) is 2.45. The molecule has 0 spiro atoms. The third-order valence-electron chi connectivity index (χ3n) is 4.19. The van der Waals surface area contributed by atoms with Crippen molar-refractivity contribution < 1.29 is 14.7 Å². The van der Waals surface area contributed by atoms with Crippen LogP contribution in [0.3, 0.4) is 0 Å². The highest BCUT2D eigenvalue weighted by Crippen LogP contribution is 2.16. The van der Waals surface area contributed by atoms with Crippen molar-refractivity contribution in [2.75, 3.05) is 11.9 Å². The molecule has 1 atom stereocenters. The Hall–Kier alpha value is -2.67. The lowest BCUT2D eigenvalue weighted by Gasteiger charge is -2.14. The first-order chi connectivity index (χ1) is 12.4. The topological polar surface area (TPSA) is 96.2 Å². The number of nitrogens with zero attached hydrogens (tertiary/aromatic N) is 2. The van der Waals surface area contributed by atoms with E-state index in [2.05, 4.69) is 41.7 Å². The van der Waals surface area contributed by atoms with E-state index in [1.807, 2.05) is 19.1 Å². The Morgan fingerprint density at radius 1 is 1.15 bits per heavy atom. The maximum absolute atomic E-state index is 12.1. The predicted octanol–water partition coefficient (Wildman–Crippen LogP) is 1.88. The fourth-order valence-corrected chi connectivity index (χ4v) is 2.45. The molecule has 0 aliphatic rings. The Kier molecular flexibility index (Phi) is 6.91. The van der Waals surface area contributed by atoms with Crippen LogP contribution in [0.1, 0.15) is 44.2 Å². The average Bonchev–Trinajstić information content (AvgIpc) is 3.06. The highest BCUT2D eigenvalue weighted by molar-refractivity contribution is 6.39. The van der Waals surface area contributed by atoms with Gasteiger partial charge in [-0.1, -0.05) is 45.0 Å². The summed E-state index contributed by atoms with van der Waals surface area (Å²) in [4.78, 5) is 24.0. The molecule has 0 fully saturated rings. The number of hydrogen-bond donors (Lipinski definition) is 3. The van der Waals surface area contributed by atoms with Crippen molar-refractivity contribution in [1.29, 1.82) is 0 Å². The van der Waals surface area contributed by atoms with Gasteiger partial charge in [-0.05, 0) is 23.5 Å². The molecule has 26 heavy (non-hydrogen) atoms. The van der Waals surface area contributed by atoms with Crippen molar-refractivity contribution in [1.82, 2.24) is 15.1 Å². The lowest BCUT2D eigenvalue weighted by molar-refractivity contribution is -0.136. The number of benzene rings is 1. The van der Waals surface area contributed by atoms with Crippen LogP contribution in [0.15, 0.2) is 36.5 Å². The summed E-state index contributed by atoms with van der Waals surface area (Å²) in [5.41, 5.74) is 2.30. The second kappa shape index (κ2) is 9.15. The largest absolute Gasteiger partial charge is 0.394 e. The maximum Gasteiger partial charge on any atom is 0.314 e. The number of rotatable bonds is 7. The van der Waals surface area contributed by atoms with Crippen molar-refractivity contribution in [3.05, 3.63) is 47.7 Å². The summed E-state index contributed by atoms with van der Waals surface area (Å²) in [6.07, 6.45) is 2.11. The molecule has 1 heterocycles. The first kappa shape index (κ1) is 19.7. The van der Waals surface area contributed by atoms with Gasteiger partial charge in [-0.3, -0.25) is 9.59 Å². The van der Waals surface area contributed by atoms with Gasteiger partial charge in [-0.25, -0.2) is 4.68 Å². The lowest BCUT2D eigenvalue weighted by atomic mass is 10.0. The van der Waals surface area contributed by atoms with Gasteiger partial charge >= 0.3 is 11.8 Å². The standard InChI is InChI=1S/C19H26N4O3/c1-4-16(12-24)21-18(25)19(26)22-17-9-10-20-23(17)11-14-5-7-15(8-6-14)13(2)3/h5-10,13,16,24H,4,11-12H2,1-3H3,(H,21,25)(H,22,26)/t16-/m1/s1. The average molecular weight is 358 g/mol. The molecule has 0 saturated heterocycles. The number of anilines is 1. The summed E-state index contributed by atoms with van der Waals surface area (Å²) in [5.74, 6) is -0.656. The lowest BCUT2D eigenvalue weighted by Crippen LogP contribution is -2.43. The highest BCUT2D eigenvalue weighted by atomic mass is 16.3. The summed E-state index contributed by atoms with van der Waals surface area (Å²) in [6.45, 7) is 6.37. The molecule has 1 aromatic carbocycles. The Balaban J connectivity index is 2.01. The van der Waals surface area contributed by atoms with Crippen LogP contribution in [0, 0.1) is 0 Å². The highest BCUT2D eigenvalue weighted by Gasteiger charge is 2.18. The summed E-state index contributed by atoms with van der Waals surface area (Å²) in [5, 5.41) is 18.4. The van der Waals surface area contributed by atoms with Gasteiger partial charge in [0.2, 0.25) is 0 Å². The van der Waals surface area contributed by atoms with Crippen molar-refractivity contribution in [3.63, 3.8) is 0 Å². The molecule has 0 saturated carbocycles. The van der Waals surface area contributed by atoms with Crippen molar-refractivity contribution in [3.8, 4) is 0 Å². The van der Waals surface area contributed by atoms with Gasteiger partial charge in [-0.2, -0.15) is 5.10 Å². The van der Waals surface area contributed by atoms with Crippen LogP contribution in [-0.4, -0.2) is 39.4 Å². The minimum absolute atomic E-state index is 0.209. The van der Waals surface area contributed by atoms with E-state index < -0.39 is 17.9 Å². The SMILES string of the molecule is CC[C@H](CO)NC(=O)C(=O)Nc1ccnn1Cc1ccc(C(C)C)cc1. The van der Waals surface area contributed by atoms with Gasteiger partial charge in [0, 0.05) is 6.07 Å². The Morgan fingerprint density at radius 2 is 1.85 bits per heavy atom. The monoisotopic (exact) mass is 358 g/mol. The van der Waals surface area contributed by atoms with E-state index in [9.17, 15) is 9.59 Å². The third-order valence-corrected chi connectivity index (χ3v) is 4.19. The number of carbonyl (C=O) groups is 2. The molecule has 0 aliphatic heterocycles. The molecule has 0 radical (unpaired) electrons. The number of carbonyl (C=O) groups excluding carboxylic acids is 2. The van der Waals surface area contributed by atoms with Crippen molar-refractivity contribution in [2.24, 2.45) is 0 Å². The number of amides is 2. The van der Waals surface area contributed by atoms with E-state index in [1.165, 1.54) is 5.56 Å². The number of hydrogen-bond acceptors (Lipinski definition) is 4. The molecule has 0 aliphatic carbocycles. The second-order valence-electron chi connectivity index (χ2n) is 6.49. The smallest absolute Gasteiger partial charge is 0.314 e. The van der Waals surface area contributed by atoms with Crippen LogP contribution in [0.5, 0.6) is 0 Å². The number of nitrogens with one attached hydrogen (secondary N) is 2. The summed E-state index contributed by atoms with van der Waals surface area (Å²) in [7, 11) is 0. The van der Waals surface area contributed by atoms with E-state index in [1.54, 1.807) is 16.9 Å². The van der Waals surface area contributed by atoms with Crippen LogP contribution >= 0.6 is 0 Å². The molecule has 7 nitrogen and oxygen atoms in total. The van der Waals surface area contributed by atoms with Crippen LogP contribution in [-0.2, 0) is 16.1 Å². The van der Waals surface area contributed by atoms with Crippen molar-refractivity contribution >= 4 is 17.6 Å². The van der Waals surface area contributed by atoms with E-state index in [4.69, 9.17) is 5.11 Å². The summed E-state index contributed by atoms with van der Waals surface area (Å²) >= 11 is 0. The normalized spacial score (nSPS) is 12.0. The maximum atomic E-state index is 12.1. The first-order valence-corrected chi connectivity index (χ1v) is 8.78. The number of aliphatic hydroxyl groups excluding tert-OH is 1. The minimum atomic E-state index is -0.784. The Bertz CT molecular complexity index is 733. The van der Waals surface area contributed by atoms with Gasteiger partial charge in [0.1, 0.15) is 5.82 Å². The predicted molar refractivity (Wildman–Crippen MR) is 99.8 cm³/mol. The van der Waals surface area contributed by atoms with Crippen LogP contribution < -0.4 is 10.6 Å². The van der Waals surface area contributed by atoms with Crippen LogP contribution in [0.2, 0.25) is 0 Å². The Morgan fingerprint density at radius 3 is 2.42 bits per heavy atom. The number of aromatic nitrogens is 2. The number of aliphatic hydroxyl groups is 1. The zero-order valence-electron chi connectivity index (χ0n) is 15.4. The molecular formula is C19H26N4O3. The quantitative estimate of drug-likeness (QED) is 0.659. The summed E-state index contributed by atoms with van der Waals surface area (Å²) < 4.78 is 1.62. The molecule has 3 N–H and O–H groups in total. The van der Waals surface area contributed by atoms with Crippen LogP contribution in [0.25, 0.3) is 0 Å². The van der Waals surface area contributed by atoms with E-state index in [-0.39, 0.29) is 6.61 Å². The molecule has 2 rings (SSSR count). The zero-order chi connectivity index (χ0) is 19.1. The molecule has 0 bridgehead atoms. The van der Waals surface area contributed by atoms with Gasteiger partial charge in [-0.15, -0.1) is 0 Å². The molecule has 1 aromatic heterocycles. The molecular weight excluding hydrogens is 332 g/mol. The van der Waals surface area contributed by atoms with E-state index >= 15 is 0 Å². The molecule has 0 unspecified atom stereocenters. The van der Waals surface area contributed by atoms with Crippen molar-refractivity contribution in [2.45, 2.75) is 45.7 Å². The first-order valence-electron chi connectivity index (χ1n) is 8.78. The van der Waals surface area contributed by atoms with Gasteiger partial charge in [0.05, 0.1) is 25.4 Å². The van der Waals surface area contributed by atoms with E-state index in [0.717, 1.165) is 5.56 Å². The second-order valence-corrected chi connectivity index (χ2v) is 6.49. The van der Waals surface area contributed by atoms with Gasteiger partial charge in [0.15, 0.2) is 0 Å². The molecule has 7 heteroatoms. The molecule has 140 valence electrons. The minimum Gasteiger partial charge on any atom is -0.394 e. The summed E-state index contributed by atoms with van der Waals surface area (Å²) in [6, 6.07) is 9.42. The fraction of sp³-hybridized carbons (Fsp3) is 0.421. The third kappa shape index (κ3) is 5.16. The van der Waals surface area contributed by atoms with Gasteiger partial charge < -0.3 is 15.7 Å². The van der Waals surface area contributed by atoms with E-state index in [0.29, 0.717) is 24.7 Å². The molecule has 2 amide bonds. The van der Waals surface area contributed by atoms with Crippen LogP contribution in [0.4, 0.5) is 5.82 Å².